The zero-order valence-electron chi connectivity index (χ0n) is 19.8. The summed E-state index contributed by atoms with van der Waals surface area (Å²) in [5.41, 5.74) is -8.71. The van der Waals surface area contributed by atoms with Crippen LogP contribution in [0.3, 0.4) is 0 Å². The number of carbonyl (C=O) groups is 2. The van der Waals surface area contributed by atoms with Crippen LogP contribution in [-0.4, -0.2) is 59.5 Å². The number of hydrogen-bond donors (Lipinski definition) is 2. The van der Waals surface area contributed by atoms with Crippen LogP contribution >= 0.6 is 0 Å². The van der Waals surface area contributed by atoms with Crippen molar-refractivity contribution >= 4 is 22.0 Å². The molecule has 2 unspecified atom stereocenters. The Morgan fingerprint density at radius 2 is 1.61 bits per heavy atom. The number of aromatic nitrogens is 1. The molecule has 0 saturated carbocycles. The Hall–Kier alpha value is -3.92. The van der Waals surface area contributed by atoms with Gasteiger partial charge in [-0.25, -0.2) is 35.2 Å². The zero-order chi connectivity index (χ0) is 28.2. The minimum absolute atomic E-state index is 0.241. The summed E-state index contributed by atoms with van der Waals surface area (Å²) in [5.74, 6) is -7.28. The second-order valence-electron chi connectivity index (χ2n) is 8.29. The third-order valence-corrected chi connectivity index (χ3v) is 7.54. The van der Waals surface area contributed by atoms with Gasteiger partial charge >= 0.3 is 11.9 Å². The van der Waals surface area contributed by atoms with E-state index in [4.69, 9.17) is 9.57 Å². The van der Waals surface area contributed by atoms with Crippen LogP contribution in [0.1, 0.15) is 12.5 Å². The molecule has 0 aliphatic carbocycles. The first-order valence-electron chi connectivity index (χ1n) is 10.6. The lowest BCUT2D eigenvalue weighted by molar-refractivity contribution is -0.309. The molecule has 3 aromatic rings. The summed E-state index contributed by atoms with van der Waals surface area (Å²) >= 11 is 0. The largest absolute Gasteiger partial charge is 0.494 e. The lowest BCUT2D eigenvalue weighted by Gasteiger charge is -2.33. The van der Waals surface area contributed by atoms with Crippen molar-refractivity contribution in [1.82, 2.24) is 9.20 Å². The van der Waals surface area contributed by atoms with Crippen molar-refractivity contribution in [3.8, 4) is 17.0 Å². The van der Waals surface area contributed by atoms with Crippen molar-refractivity contribution in [2.45, 2.75) is 23.0 Å². The molecule has 1 fully saturated rings. The molecule has 2 heterocycles. The smallest absolute Gasteiger partial charge is 0.368 e. The van der Waals surface area contributed by atoms with Crippen LogP contribution < -0.4 is 4.74 Å². The van der Waals surface area contributed by atoms with Crippen molar-refractivity contribution in [2.24, 2.45) is 0 Å². The number of methoxy groups -OCH3 is 1. The highest BCUT2D eigenvalue weighted by Gasteiger charge is 2.65. The van der Waals surface area contributed by atoms with E-state index in [1.54, 1.807) is 0 Å². The molecule has 0 amide bonds. The van der Waals surface area contributed by atoms with Gasteiger partial charge in [0, 0.05) is 23.1 Å². The van der Waals surface area contributed by atoms with Gasteiger partial charge in [0.1, 0.15) is 23.1 Å². The van der Waals surface area contributed by atoms with E-state index in [1.165, 1.54) is 0 Å². The second kappa shape index (κ2) is 9.13. The van der Waals surface area contributed by atoms with Crippen molar-refractivity contribution in [3.05, 3.63) is 71.7 Å². The standard InChI is InChI=1S/C23H19F3N2O9S/c1-22(31)20(29)36-27(2)37-21(30)23(22,32)16-11-28(38(33,34)14-6-4-5-12(24)9-14)18(19(16)35-3)15-8-7-13(25)10-17(15)26/h4-11,31-32H,1-3H3. The molecule has 4 rings (SSSR count). The zero-order valence-corrected chi connectivity index (χ0v) is 20.6. The Kier molecular flexibility index (Phi) is 6.51. The Labute approximate surface area is 213 Å². The van der Waals surface area contributed by atoms with Gasteiger partial charge in [-0.15, -0.1) is 0 Å². The first-order valence-corrected chi connectivity index (χ1v) is 12.0. The maximum atomic E-state index is 15.0. The topological polar surface area (TPSA) is 145 Å². The average molecular weight is 556 g/mol. The van der Waals surface area contributed by atoms with Crippen LogP contribution in [0, 0.1) is 17.5 Å². The maximum absolute atomic E-state index is 15.0. The van der Waals surface area contributed by atoms with Crippen LogP contribution in [0.5, 0.6) is 5.75 Å². The van der Waals surface area contributed by atoms with E-state index in [0.717, 1.165) is 44.5 Å². The quantitative estimate of drug-likeness (QED) is 0.476. The van der Waals surface area contributed by atoms with Gasteiger partial charge in [0.25, 0.3) is 10.0 Å². The number of aliphatic hydroxyl groups is 2. The number of hydroxylamine groups is 2. The van der Waals surface area contributed by atoms with E-state index in [-0.39, 0.29) is 5.23 Å². The molecule has 2 aromatic carbocycles. The molecule has 0 spiro atoms. The maximum Gasteiger partial charge on any atom is 0.368 e. The Morgan fingerprint density at radius 1 is 0.974 bits per heavy atom. The lowest BCUT2D eigenvalue weighted by atomic mass is 9.79. The van der Waals surface area contributed by atoms with Crippen molar-refractivity contribution < 1.29 is 55.8 Å². The summed E-state index contributed by atoms with van der Waals surface area (Å²) in [6, 6.07) is 5.76. The third-order valence-electron chi connectivity index (χ3n) is 5.88. The number of hydrogen-bond acceptors (Lipinski definition) is 10. The summed E-state index contributed by atoms with van der Waals surface area (Å²) in [6.07, 6.45) is 0.561. The molecule has 1 aliphatic heterocycles. The van der Waals surface area contributed by atoms with E-state index < -0.39 is 78.1 Å². The minimum Gasteiger partial charge on any atom is -0.494 e. The Morgan fingerprint density at radius 3 is 2.21 bits per heavy atom. The van der Waals surface area contributed by atoms with E-state index >= 15 is 0 Å². The number of benzene rings is 2. The number of ether oxygens (including phenoxy) is 1. The monoisotopic (exact) mass is 556 g/mol. The SMILES string of the molecule is COc1c(C2(O)C(=O)ON(C)OC(=O)C2(C)O)cn(S(=O)(=O)c2cccc(F)c2)c1-c1ccc(F)cc1F. The average Bonchev–Trinajstić information content (AvgIpc) is 3.21. The number of halogens is 3. The summed E-state index contributed by atoms with van der Waals surface area (Å²) in [5, 5.41) is 22.8. The lowest BCUT2D eigenvalue weighted by Crippen LogP contribution is -2.58. The number of nitrogens with zero attached hydrogens (tertiary/aromatic N) is 2. The summed E-state index contributed by atoms with van der Waals surface area (Å²) in [6.45, 7) is 0.686. The fraction of sp³-hybridized carbons (Fsp3) is 0.217. The van der Waals surface area contributed by atoms with Gasteiger partial charge in [-0.2, -0.15) is 0 Å². The van der Waals surface area contributed by atoms with Gasteiger partial charge in [0.2, 0.25) is 11.2 Å². The fourth-order valence-corrected chi connectivity index (χ4v) is 5.32. The van der Waals surface area contributed by atoms with Crippen LogP contribution in [0.15, 0.2) is 53.6 Å². The van der Waals surface area contributed by atoms with Gasteiger partial charge in [0.15, 0.2) is 5.75 Å². The molecule has 38 heavy (non-hydrogen) atoms. The highest BCUT2D eigenvalue weighted by atomic mass is 32.2. The summed E-state index contributed by atoms with van der Waals surface area (Å²) in [4.78, 5) is 34.3. The van der Waals surface area contributed by atoms with Crippen molar-refractivity contribution in [2.75, 3.05) is 14.2 Å². The summed E-state index contributed by atoms with van der Waals surface area (Å²) < 4.78 is 75.5. The van der Waals surface area contributed by atoms with Crippen LogP contribution in [0.2, 0.25) is 0 Å². The molecule has 2 atom stereocenters. The molecule has 0 radical (unpaired) electrons. The minimum atomic E-state index is -4.87. The van der Waals surface area contributed by atoms with Crippen LogP contribution in [-0.2, 0) is 34.9 Å². The molecule has 1 aliphatic rings. The molecule has 1 saturated heterocycles. The molecule has 15 heteroatoms. The Balaban J connectivity index is 2.15. The van der Waals surface area contributed by atoms with Gasteiger partial charge < -0.3 is 24.6 Å². The van der Waals surface area contributed by atoms with E-state index in [2.05, 4.69) is 4.84 Å². The molecule has 202 valence electrons. The second-order valence-corrected chi connectivity index (χ2v) is 10.1. The molecule has 1 aromatic heterocycles. The summed E-state index contributed by atoms with van der Waals surface area (Å²) in [7, 11) is -2.96. The molecule has 2 N–H and O–H groups in total. The van der Waals surface area contributed by atoms with Gasteiger partial charge in [-0.3, -0.25) is 0 Å². The van der Waals surface area contributed by atoms with Gasteiger partial charge in [-0.1, -0.05) is 6.07 Å². The van der Waals surface area contributed by atoms with Crippen molar-refractivity contribution in [1.29, 1.82) is 0 Å². The fourth-order valence-electron chi connectivity index (χ4n) is 3.91. The molecular weight excluding hydrogens is 537 g/mol. The highest BCUT2D eigenvalue weighted by molar-refractivity contribution is 7.90. The van der Waals surface area contributed by atoms with Gasteiger partial charge in [0.05, 0.1) is 24.6 Å². The molecule has 11 nitrogen and oxygen atoms in total. The number of rotatable bonds is 5. The first kappa shape index (κ1) is 27.1. The Bertz CT molecular complexity index is 1570. The number of carbonyl (C=O) groups excluding carboxylic acids is 2. The van der Waals surface area contributed by atoms with E-state index in [0.29, 0.717) is 29.2 Å². The molecular formula is C23H19F3N2O9S. The third kappa shape index (κ3) is 3.99. The van der Waals surface area contributed by atoms with E-state index in [9.17, 15) is 41.4 Å². The van der Waals surface area contributed by atoms with Crippen molar-refractivity contribution in [3.63, 3.8) is 0 Å². The van der Waals surface area contributed by atoms with E-state index in [1.807, 2.05) is 0 Å². The van der Waals surface area contributed by atoms with Gasteiger partial charge in [-0.05, 0) is 37.3 Å². The van der Waals surface area contributed by atoms with Crippen LogP contribution in [0.25, 0.3) is 11.3 Å². The predicted molar refractivity (Wildman–Crippen MR) is 120 cm³/mol. The predicted octanol–water partition coefficient (Wildman–Crippen LogP) is 1.62. The van der Waals surface area contributed by atoms with Crippen LogP contribution in [0.4, 0.5) is 13.2 Å². The highest BCUT2D eigenvalue weighted by Crippen LogP contribution is 2.48. The first-order chi connectivity index (χ1) is 17.7. The normalized spacial score (nSPS) is 22.5. The molecule has 0 bridgehead atoms.